The topological polar surface area (TPSA) is 28.2 Å². The number of hydrogen-bond donors (Lipinski definition) is 1. The van der Waals surface area contributed by atoms with E-state index in [0.29, 0.717) is 0 Å². The fourth-order valence-electron chi connectivity index (χ4n) is 3.24. The van der Waals surface area contributed by atoms with Gasteiger partial charge in [-0.1, -0.05) is 6.92 Å². The van der Waals surface area contributed by atoms with Crippen LogP contribution in [0, 0.1) is 19.8 Å². The first-order valence-corrected chi connectivity index (χ1v) is 8.74. The Morgan fingerprint density at radius 1 is 1.40 bits per heavy atom. The molecule has 0 aromatic carbocycles. The van der Waals surface area contributed by atoms with E-state index in [0.717, 1.165) is 31.6 Å². The molecule has 0 spiro atoms. The van der Waals surface area contributed by atoms with Gasteiger partial charge in [0.2, 0.25) is 0 Å². The van der Waals surface area contributed by atoms with Crippen LogP contribution >= 0.6 is 11.3 Å². The third-order valence-electron chi connectivity index (χ3n) is 5.12. The predicted molar refractivity (Wildman–Crippen MR) is 85.2 cm³/mol. The molecule has 112 valence electrons. The maximum absolute atomic E-state index is 4.75. The molecule has 2 atom stereocenters. The van der Waals surface area contributed by atoms with E-state index in [1.165, 1.54) is 34.8 Å². The predicted octanol–water partition coefficient (Wildman–Crippen LogP) is 3.11. The van der Waals surface area contributed by atoms with E-state index in [2.05, 4.69) is 37.9 Å². The van der Waals surface area contributed by atoms with Crippen molar-refractivity contribution in [2.75, 3.05) is 13.1 Å². The molecule has 1 saturated carbocycles. The molecule has 0 amide bonds. The lowest BCUT2D eigenvalue weighted by Crippen LogP contribution is -2.62. The summed E-state index contributed by atoms with van der Waals surface area (Å²) >= 11 is 1.88. The van der Waals surface area contributed by atoms with Crippen LogP contribution in [0.15, 0.2) is 0 Å². The second-order valence-electron chi connectivity index (χ2n) is 6.85. The van der Waals surface area contributed by atoms with E-state index in [4.69, 9.17) is 4.98 Å². The monoisotopic (exact) mass is 293 g/mol. The summed E-state index contributed by atoms with van der Waals surface area (Å²) in [4.78, 5) is 8.82. The first-order chi connectivity index (χ1) is 9.50. The summed E-state index contributed by atoms with van der Waals surface area (Å²) in [5.41, 5.74) is 1.48. The number of nitrogens with zero attached hydrogens (tertiary/aromatic N) is 2. The van der Waals surface area contributed by atoms with Crippen molar-refractivity contribution >= 4 is 11.3 Å². The van der Waals surface area contributed by atoms with Crippen molar-refractivity contribution < 1.29 is 0 Å². The maximum Gasteiger partial charge on any atom is 0.107 e. The molecule has 1 aromatic rings. The van der Waals surface area contributed by atoms with Gasteiger partial charge in [-0.2, -0.15) is 0 Å². The van der Waals surface area contributed by atoms with Gasteiger partial charge in [0.15, 0.2) is 0 Å². The summed E-state index contributed by atoms with van der Waals surface area (Å²) in [6.45, 7) is 12.3. The van der Waals surface area contributed by atoms with Crippen molar-refractivity contribution in [2.24, 2.45) is 5.92 Å². The summed E-state index contributed by atoms with van der Waals surface area (Å²) in [7, 11) is 0. The van der Waals surface area contributed by atoms with E-state index < -0.39 is 0 Å². The molecular weight excluding hydrogens is 266 g/mol. The second-order valence-corrected chi connectivity index (χ2v) is 8.14. The molecule has 2 unspecified atom stereocenters. The minimum Gasteiger partial charge on any atom is -0.309 e. The van der Waals surface area contributed by atoms with Crippen LogP contribution in [-0.4, -0.2) is 34.6 Å². The Bertz CT molecular complexity index is 461. The Kier molecular flexibility index (Phi) is 3.91. The van der Waals surface area contributed by atoms with E-state index in [-0.39, 0.29) is 5.54 Å². The third kappa shape index (κ3) is 2.92. The largest absolute Gasteiger partial charge is 0.309 e. The fourth-order valence-corrected chi connectivity index (χ4v) is 4.20. The van der Waals surface area contributed by atoms with Gasteiger partial charge in [0.1, 0.15) is 5.01 Å². The number of hydrogen-bond acceptors (Lipinski definition) is 4. The van der Waals surface area contributed by atoms with E-state index in [1.54, 1.807) is 0 Å². The Morgan fingerprint density at radius 2 is 2.15 bits per heavy atom. The van der Waals surface area contributed by atoms with Crippen LogP contribution in [0.1, 0.15) is 48.7 Å². The normalized spacial score (nSPS) is 31.7. The molecular formula is C16H27N3S. The number of piperazine rings is 1. The van der Waals surface area contributed by atoms with Gasteiger partial charge in [-0.25, -0.2) is 4.98 Å². The highest BCUT2D eigenvalue weighted by molar-refractivity contribution is 7.11. The zero-order chi connectivity index (χ0) is 14.3. The molecule has 3 nitrogen and oxygen atoms in total. The molecule has 1 N–H and O–H groups in total. The van der Waals surface area contributed by atoms with Crippen LogP contribution < -0.4 is 5.32 Å². The number of rotatable bonds is 4. The summed E-state index contributed by atoms with van der Waals surface area (Å²) < 4.78 is 0. The van der Waals surface area contributed by atoms with Crippen molar-refractivity contribution in [2.45, 2.75) is 65.1 Å². The number of nitrogens with one attached hydrogen (secondary N) is 1. The molecule has 2 fully saturated rings. The minimum atomic E-state index is 0.271. The zero-order valence-corrected chi connectivity index (χ0v) is 14.0. The summed E-state index contributed by atoms with van der Waals surface area (Å²) in [6.07, 6.45) is 4.03. The van der Waals surface area contributed by atoms with Gasteiger partial charge >= 0.3 is 0 Å². The van der Waals surface area contributed by atoms with Crippen LogP contribution in [0.3, 0.4) is 0 Å². The van der Waals surface area contributed by atoms with Gasteiger partial charge in [0, 0.05) is 29.5 Å². The zero-order valence-electron chi connectivity index (χ0n) is 13.2. The number of thiazole rings is 1. The third-order valence-corrected chi connectivity index (χ3v) is 6.17. The van der Waals surface area contributed by atoms with Crippen molar-refractivity contribution in [3.63, 3.8) is 0 Å². The molecule has 2 aliphatic rings. The van der Waals surface area contributed by atoms with Crippen molar-refractivity contribution in [3.8, 4) is 0 Å². The van der Waals surface area contributed by atoms with Crippen LogP contribution in [0.5, 0.6) is 0 Å². The highest BCUT2D eigenvalue weighted by Gasteiger charge is 2.42. The van der Waals surface area contributed by atoms with Crippen LogP contribution in [-0.2, 0) is 6.54 Å². The van der Waals surface area contributed by atoms with Gasteiger partial charge in [-0.3, -0.25) is 4.90 Å². The number of aryl methyl sites for hydroxylation is 2. The molecule has 3 rings (SSSR count). The lowest BCUT2D eigenvalue weighted by molar-refractivity contribution is 0.0661. The Morgan fingerprint density at radius 3 is 2.70 bits per heavy atom. The van der Waals surface area contributed by atoms with Gasteiger partial charge in [0.05, 0.1) is 12.2 Å². The highest BCUT2D eigenvalue weighted by atomic mass is 32.1. The molecule has 1 aliphatic heterocycles. The van der Waals surface area contributed by atoms with Crippen molar-refractivity contribution in [1.82, 2.24) is 15.2 Å². The van der Waals surface area contributed by atoms with Crippen LogP contribution in [0.2, 0.25) is 0 Å². The lowest BCUT2D eigenvalue weighted by Gasteiger charge is -2.46. The molecule has 20 heavy (non-hydrogen) atoms. The van der Waals surface area contributed by atoms with Gasteiger partial charge in [-0.15, -0.1) is 11.3 Å². The first kappa shape index (κ1) is 14.5. The molecule has 1 aromatic heterocycles. The molecule has 4 heteroatoms. The standard InChI is InChI=1S/C16H27N3S/c1-5-16(4)10-19(14(8-17-16)13-6-7-13)9-15-18-11(2)12(3)20-15/h13-14,17H,5-10H2,1-4H3. The molecule has 1 saturated heterocycles. The fraction of sp³-hybridized carbons (Fsp3) is 0.812. The minimum absolute atomic E-state index is 0.271. The van der Waals surface area contributed by atoms with Crippen molar-refractivity contribution in [1.29, 1.82) is 0 Å². The average molecular weight is 293 g/mol. The van der Waals surface area contributed by atoms with E-state index in [9.17, 15) is 0 Å². The SMILES string of the molecule is CCC1(C)CN(Cc2nc(C)c(C)s2)C(C2CC2)CN1. The Balaban J connectivity index is 1.75. The summed E-state index contributed by atoms with van der Waals surface area (Å²) in [5.74, 6) is 0.922. The van der Waals surface area contributed by atoms with E-state index >= 15 is 0 Å². The maximum atomic E-state index is 4.75. The average Bonchev–Trinajstić information content (AvgIpc) is 3.18. The van der Waals surface area contributed by atoms with Gasteiger partial charge < -0.3 is 5.32 Å². The Hall–Kier alpha value is -0.450. The Labute approximate surface area is 126 Å². The van der Waals surface area contributed by atoms with Crippen molar-refractivity contribution in [3.05, 3.63) is 15.6 Å². The molecule has 2 heterocycles. The first-order valence-electron chi connectivity index (χ1n) is 7.93. The van der Waals surface area contributed by atoms with Crippen LogP contribution in [0.25, 0.3) is 0 Å². The van der Waals surface area contributed by atoms with E-state index in [1.807, 2.05) is 11.3 Å². The molecule has 1 aliphatic carbocycles. The summed E-state index contributed by atoms with van der Waals surface area (Å²) in [5, 5.41) is 5.09. The quantitative estimate of drug-likeness (QED) is 0.924. The second kappa shape index (κ2) is 5.39. The van der Waals surface area contributed by atoms with Crippen LogP contribution in [0.4, 0.5) is 0 Å². The smallest absolute Gasteiger partial charge is 0.107 e. The highest BCUT2D eigenvalue weighted by Crippen LogP contribution is 2.38. The molecule has 0 bridgehead atoms. The van der Waals surface area contributed by atoms with Gasteiger partial charge in [0.25, 0.3) is 0 Å². The van der Waals surface area contributed by atoms with Gasteiger partial charge in [-0.05, 0) is 46.0 Å². The molecule has 0 radical (unpaired) electrons. The summed E-state index contributed by atoms with van der Waals surface area (Å²) in [6, 6.07) is 0.721. The number of aromatic nitrogens is 1. The lowest BCUT2D eigenvalue weighted by atomic mass is 9.92.